The van der Waals surface area contributed by atoms with Gasteiger partial charge in [-0.2, -0.15) is 5.10 Å². The second kappa shape index (κ2) is 4.63. The number of likely N-dealkylation sites (N-methyl/N-ethyl adjacent to an activating group) is 1. The van der Waals surface area contributed by atoms with Crippen molar-refractivity contribution in [2.24, 2.45) is 5.73 Å². The molecule has 0 bridgehead atoms. The zero-order valence-corrected chi connectivity index (χ0v) is 9.09. The molecule has 0 aromatic carbocycles. The first-order valence-electron chi connectivity index (χ1n) is 5.35. The van der Waals surface area contributed by atoms with Crippen molar-refractivity contribution in [3.63, 3.8) is 0 Å². The summed E-state index contributed by atoms with van der Waals surface area (Å²) in [5.41, 5.74) is 5.44. The summed E-state index contributed by atoms with van der Waals surface area (Å²) in [5.74, 6) is 0.851. The lowest BCUT2D eigenvalue weighted by molar-refractivity contribution is 0.208. The summed E-state index contributed by atoms with van der Waals surface area (Å²) in [6.07, 6.45) is 5.07. The fourth-order valence-corrected chi connectivity index (χ4v) is 1.84. The van der Waals surface area contributed by atoms with Crippen molar-refractivity contribution in [3.05, 3.63) is 12.4 Å². The van der Waals surface area contributed by atoms with Crippen LogP contribution in [-0.2, 0) is 6.54 Å². The molecule has 0 aliphatic carbocycles. The lowest BCUT2D eigenvalue weighted by Crippen LogP contribution is -2.21. The minimum absolute atomic E-state index is 0.311. The van der Waals surface area contributed by atoms with Gasteiger partial charge in [0.2, 0.25) is 0 Å². The average Bonchev–Trinajstić information content (AvgIpc) is 2.78. The first kappa shape index (κ1) is 10.4. The highest BCUT2D eigenvalue weighted by Crippen LogP contribution is 2.16. The number of rotatable bonds is 4. The van der Waals surface area contributed by atoms with Gasteiger partial charge in [-0.3, -0.25) is 4.68 Å². The Morgan fingerprint density at radius 3 is 3.20 bits per heavy atom. The van der Waals surface area contributed by atoms with Crippen LogP contribution < -0.4 is 10.5 Å². The molecule has 0 amide bonds. The smallest absolute Gasteiger partial charge is 0.157 e. The molecule has 1 unspecified atom stereocenters. The van der Waals surface area contributed by atoms with Crippen molar-refractivity contribution in [1.29, 1.82) is 0 Å². The van der Waals surface area contributed by atoms with Gasteiger partial charge in [-0.25, -0.2) is 0 Å². The van der Waals surface area contributed by atoms with Crippen LogP contribution in [0.25, 0.3) is 0 Å². The fourth-order valence-electron chi connectivity index (χ4n) is 1.84. The molecule has 5 heteroatoms. The molecule has 0 saturated carbocycles. The molecule has 1 saturated heterocycles. The molecular weight excluding hydrogens is 192 g/mol. The molecule has 1 fully saturated rings. The Morgan fingerprint density at radius 1 is 1.67 bits per heavy atom. The highest BCUT2D eigenvalue weighted by molar-refractivity contribution is 5.12. The van der Waals surface area contributed by atoms with Crippen LogP contribution in [0.3, 0.4) is 0 Å². The van der Waals surface area contributed by atoms with Crippen molar-refractivity contribution in [2.75, 3.05) is 26.7 Å². The Hall–Kier alpha value is -1.07. The van der Waals surface area contributed by atoms with Gasteiger partial charge in [-0.15, -0.1) is 0 Å². The first-order chi connectivity index (χ1) is 7.28. The zero-order chi connectivity index (χ0) is 10.7. The maximum Gasteiger partial charge on any atom is 0.157 e. The van der Waals surface area contributed by atoms with Crippen molar-refractivity contribution < 1.29 is 4.74 Å². The summed E-state index contributed by atoms with van der Waals surface area (Å²) in [6, 6.07) is 0. The maximum atomic E-state index is 5.81. The predicted molar refractivity (Wildman–Crippen MR) is 57.8 cm³/mol. The highest BCUT2D eigenvalue weighted by atomic mass is 16.5. The van der Waals surface area contributed by atoms with Gasteiger partial charge in [-0.1, -0.05) is 0 Å². The molecule has 1 aromatic rings. The molecule has 5 nitrogen and oxygen atoms in total. The van der Waals surface area contributed by atoms with Crippen LogP contribution in [0.5, 0.6) is 5.75 Å². The molecule has 2 heterocycles. The molecule has 1 aromatic heterocycles. The third-order valence-corrected chi connectivity index (χ3v) is 2.62. The van der Waals surface area contributed by atoms with Crippen LogP contribution in [0, 0.1) is 0 Å². The number of ether oxygens (including phenoxy) is 1. The lowest BCUT2D eigenvalue weighted by Gasteiger charge is -2.11. The Kier molecular flexibility index (Phi) is 3.23. The molecule has 1 aliphatic heterocycles. The SMILES string of the molecule is CN1CCC(Oc2cnn(CCN)c2)C1. The Balaban J connectivity index is 1.87. The van der Waals surface area contributed by atoms with Crippen molar-refractivity contribution in [2.45, 2.75) is 19.1 Å². The highest BCUT2D eigenvalue weighted by Gasteiger charge is 2.21. The van der Waals surface area contributed by atoms with Crippen molar-refractivity contribution in [1.82, 2.24) is 14.7 Å². The monoisotopic (exact) mass is 210 g/mol. The number of aromatic nitrogens is 2. The Morgan fingerprint density at radius 2 is 2.53 bits per heavy atom. The van der Waals surface area contributed by atoms with Crippen molar-refractivity contribution >= 4 is 0 Å². The molecule has 84 valence electrons. The zero-order valence-electron chi connectivity index (χ0n) is 9.09. The summed E-state index contributed by atoms with van der Waals surface area (Å²) in [5, 5.41) is 4.17. The molecule has 2 N–H and O–H groups in total. The normalized spacial score (nSPS) is 22.1. The average molecular weight is 210 g/mol. The van der Waals surface area contributed by atoms with Crippen LogP contribution in [0.15, 0.2) is 12.4 Å². The van der Waals surface area contributed by atoms with E-state index in [9.17, 15) is 0 Å². The number of likely N-dealkylation sites (tertiary alicyclic amines) is 1. The van der Waals surface area contributed by atoms with Gasteiger partial charge >= 0.3 is 0 Å². The van der Waals surface area contributed by atoms with Gasteiger partial charge in [0.15, 0.2) is 5.75 Å². The van der Waals surface area contributed by atoms with E-state index in [1.807, 2.05) is 10.9 Å². The summed E-state index contributed by atoms with van der Waals surface area (Å²) in [6.45, 7) is 3.46. The summed E-state index contributed by atoms with van der Waals surface area (Å²) in [7, 11) is 2.11. The minimum atomic E-state index is 0.311. The molecule has 0 radical (unpaired) electrons. The first-order valence-corrected chi connectivity index (χ1v) is 5.35. The van der Waals surface area contributed by atoms with Gasteiger partial charge in [0.25, 0.3) is 0 Å². The van der Waals surface area contributed by atoms with E-state index in [0.717, 1.165) is 31.8 Å². The number of nitrogens with zero attached hydrogens (tertiary/aromatic N) is 3. The second-order valence-corrected chi connectivity index (χ2v) is 4.02. The van der Waals surface area contributed by atoms with Gasteiger partial charge < -0.3 is 15.4 Å². The van der Waals surface area contributed by atoms with Gasteiger partial charge in [0, 0.05) is 19.6 Å². The van der Waals surface area contributed by atoms with E-state index in [2.05, 4.69) is 17.0 Å². The largest absolute Gasteiger partial charge is 0.486 e. The van der Waals surface area contributed by atoms with Gasteiger partial charge in [0.1, 0.15) is 6.10 Å². The Labute approximate surface area is 89.8 Å². The molecule has 2 rings (SSSR count). The van der Waals surface area contributed by atoms with Gasteiger partial charge in [0.05, 0.1) is 18.9 Å². The predicted octanol–water partition coefficient (Wildman–Crippen LogP) is -0.0753. The molecule has 0 spiro atoms. The van der Waals surface area contributed by atoms with E-state index in [-0.39, 0.29) is 0 Å². The van der Waals surface area contributed by atoms with Crippen LogP contribution in [0.2, 0.25) is 0 Å². The van der Waals surface area contributed by atoms with E-state index < -0.39 is 0 Å². The van der Waals surface area contributed by atoms with E-state index >= 15 is 0 Å². The van der Waals surface area contributed by atoms with E-state index in [1.165, 1.54) is 0 Å². The lowest BCUT2D eigenvalue weighted by atomic mass is 10.3. The van der Waals surface area contributed by atoms with E-state index in [4.69, 9.17) is 10.5 Å². The van der Waals surface area contributed by atoms with Gasteiger partial charge in [-0.05, 0) is 13.5 Å². The maximum absolute atomic E-state index is 5.81. The number of hydrogen-bond acceptors (Lipinski definition) is 4. The van der Waals surface area contributed by atoms with Crippen LogP contribution in [0.1, 0.15) is 6.42 Å². The fraction of sp³-hybridized carbons (Fsp3) is 0.700. The summed E-state index contributed by atoms with van der Waals surface area (Å²) < 4.78 is 7.62. The Bertz CT molecular complexity index is 312. The van der Waals surface area contributed by atoms with Crippen LogP contribution in [0.4, 0.5) is 0 Å². The van der Waals surface area contributed by atoms with Crippen LogP contribution in [-0.4, -0.2) is 47.5 Å². The van der Waals surface area contributed by atoms with E-state index in [1.54, 1.807) is 6.20 Å². The summed E-state index contributed by atoms with van der Waals surface area (Å²) in [4.78, 5) is 2.27. The van der Waals surface area contributed by atoms with Crippen LogP contribution >= 0.6 is 0 Å². The van der Waals surface area contributed by atoms with E-state index in [0.29, 0.717) is 12.6 Å². The third kappa shape index (κ3) is 2.70. The second-order valence-electron chi connectivity index (χ2n) is 4.02. The molecule has 1 atom stereocenters. The number of hydrogen-bond donors (Lipinski definition) is 1. The summed E-state index contributed by atoms with van der Waals surface area (Å²) >= 11 is 0. The molecule has 15 heavy (non-hydrogen) atoms. The standard InChI is InChI=1S/C10H18N4O/c1-13-4-2-9(7-13)15-10-6-12-14(8-10)5-3-11/h6,8-9H,2-5,7,11H2,1H3. The molecular formula is C10H18N4O. The third-order valence-electron chi connectivity index (χ3n) is 2.62. The van der Waals surface area contributed by atoms with Crippen molar-refractivity contribution in [3.8, 4) is 5.75 Å². The topological polar surface area (TPSA) is 56.3 Å². The minimum Gasteiger partial charge on any atom is -0.486 e. The number of nitrogens with two attached hydrogens (primary N) is 1. The molecule has 1 aliphatic rings. The quantitative estimate of drug-likeness (QED) is 0.755.